The molecule has 3 rings (SSSR count). The molecule has 0 amide bonds. The Morgan fingerprint density at radius 3 is 3.13 bits per heavy atom. The fraction of sp³-hybridized carbons (Fsp3) is 0.417. The van der Waals surface area contributed by atoms with Gasteiger partial charge in [0.1, 0.15) is 5.65 Å². The molecule has 78 valence electrons. The highest BCUT2D eigenvalue weighted by molar-refractivity contribution is 5.81. The predicted molar refractivity (Wildman–Crippen MR) is 61.0 cm³/mol. The van der Waals surface area contributed by atoms with Gasteiger partial charge in [-0.1, -0.05) is 0 Å². The van der Waals surface area contributed by atoms with Gasteiger partial charge >= 0.3 is 0 Å². The van der Waals surface area contributed by atoms with Gasteiger partial charge in [-0.25, -0.2) is 4.98 Å². The summed E-state index contributed by atoms with van der Waals surface area (Å²) in [4.78, 5) is 10.2. The number of aromatic amines is 1. The Labute approximate surface area is 89.1 Å². The average molecular weight is 201 g/mol. The first kappa shape index (κ1) is 8.92. The predicted octanol–water partition coefficient (Wildman–Crippen LogP) is 1.59. The summed E-state index contributed by atoms with van der Waals surface area (Å²) in [6.07, 6.45) is 4.10. The molecular formula is C12H15N3. The van der Waals surface area contributed by atoms with Crippen LogP contribution in [0.3, 0.4) is 0 Å². The van der Waals surface area contributed by atoms with Crippen LogP contribution in [0.15, 0.2) is 18.3 Å². The Hall–Kier alpha value is -1.35. The number of fused-ring (bicyclic) bond motifs is 3. The molecule has 1 aliphatic rings. The monoisotopic (exact) mass is 201 g/mol. The van der Waals surface area contributed by atoms with Crippen LogP contribution in [0, 0.1) is 0 Å². The standard InChI is InChI=1S/C12H15N3/c1-15-7-4-9-10-3-2-6-13-12(10)14-11(9)5-8-15/h2-3,6H,4-5,7-8H2,1H3,(H,13,14). The van der Waals surface area contributed by atoms with Crippen LogP contribution in [-0.2, 0) is 12.8 Å². The Bertz CT molecular complexity index is 487. The molecule has 0 spiro atoms. The second kappa shape index (κ2) is 3.35. The van der Waals surface area contributed by atoms with E-state index in [1.54, 1.807) is 0 Å². The minimum Gasteiger partial charge on any atom is -0.343 e. The second-order valence-corrected chi connectivity index (χ2v) is 4.28. The third-order valence-electron chi connectivity index (χ3n) is 3.25. The van der Waals surface area contributed by atoms with Crippen molar-refractivity contribution in [2.45, 2.75) is 12.8 Å². The van der Waals surface area contributed by atoms with Crippen molar-refractivity contribution in [2.24, 2.45) is 0 Å². The lowest BCUT2D eigenvalue weighted by molar-refractivity contribution is 0.352. The Morgan fingerprint density at radius 1 is 1.33 bits per heavy atom. The zero-order valence-corrected chi connectivity index (χ0v) is 8.95. The fourth-order valence-corrected chi connectivity index (χ4v) is 2.35. The summed E-state index contributed by atoms with van der Waals surface area (Å²) >= 11 is 0. The zero-order chi connectivity index (χ0) is 10.3. The molecular weight excluding hydrogens is 186 g/mol. The van der Waals surface area contributed by atoms with Gasteiger partial charge in [0.2, 0.25) is 0 Å². The SMILES string of the molecule is CN1CCc2[nH]c3ncccc3c2CC1. The molecule has 0 unspecified atom stereocenters. The molecule has 0 aliphatic carbocycles. The number of hydrogen-bond donors (Lipinski definition) is 1. The van der Waals surface area contributed by atoms with E-state index in [1.165, 1.54) is 16.6 Å². The third-order valence-corrected chi connectivity index (χ3v) is 3.25. The lowest BCUT2D eigenvalue weighted by atomic mass is 10.1. The maximum absolute atomic E-state index is 4.37. The van der Waals surface area contributed by atoms with E-state index < -0.39 is 0 Å². The van der Waals surface area contributed by atoms with Gasteiger partial charge in [0, 0.05) is 36.8 Å². The minimum absolute atomic E-state index is 1.05. The number of H-pyrrole nitrogens is 1. The molecule has 1 N–H and O–H groups in total. The van der Waals surface area contributed by atoms with E-state index in [4.69, 9.17) is 0 Å². The fourth-order valence-electron chi connectivity index (χ4n) is 2.35. The van der Waals surface area contributed by atoms with E-state index in [2.05, 4.69) is 28.0 Å². The Balaban J connectivity index is 2.15. The first-order valence-electron chi connectivity index (χ1n) is 5.47. The van der Waals surface area contributed by atoms with Crippen LogP contribution in [0.1, 0.15) is 11.3 Å². The van der Waals surface area contributed by atoms with Crippen molar-refractivity contribution < 1.29 is 0 Å². The molecule has 0 aromatic carbocycles. The van der Waals surface area contributed by atoms with Gasteiger partial charge in [-0.3, -0.25) is 0 Å². The van der Waals surface area contributed by atoms with Crippen LogP contribution in [0.2, 0.25) is 0 Å². The van der Waals surface area contributed by atoms with Gasteiger partial charge in [0.15, 0.2) is 0 Å². The molecule has 0 radical (unpaired) electrons. The van der Waals surface area contributed by atoms with Crippen molar-refractivity contribution in [1.29, 1.82) is 0 Å². The lowest BCUT2D eigenvalue weighted by Gasteiger charge is -2.11. The molecule has 1 aliphatic heterocycles. The Kier molecular flexibility index (Phi) is 1.99. The maximum Gasteiger partial charge on any atom is 0.137 e. The highest BCUT2D eigenvalue weighted by atomic mass is 15.1. The van der Waals surface area contributed by atoms with Gasteiger partial charge in [0.05, 0.1) is 0 Å². The van der Waals surface area contributed by atoms with E-state index in [-0.39, 0.29) is 0 Å². The lowest BCUT2D eigenvalue weighted by Crippen LogP contribution is -2.21. The summed E-state index contributed by atoms with van der Waals surface area (Å²) in [5, 5.41) is 1.31. The summed E-state index contributed by atoms with van der Waals surface area (Å²) < 4.78 is 0. The summed E-state index contributed by atoms with van der Waals surface area (Å²) in [6, 6.07) is 4.19. The van der Waals surface area contributed by atoms with Crippen LogP contribution < -0.4 is 0 Å². The van der Waals surface area contributed by atoms with Crippen molar-refractivity contribution in [1.82, 2.24) is 14.9 Å². The molecule has 0 saturated heterocycles. The van der Waals surface area contributed by atoms with Crippen molar-refractivity contribution in [2.75, 3.05) is 20.1 Å². The van der Waals surface area contributed by atoms with Gasteiger partial charge in [-0.15, -0.1) is 0 Å². The molecule has 3 nitrogen and oxygen atoms in total. The maximum atomic E-state index is 4.37. The summed E-state index contributed by atoms with van der Waals surface area (Å²) in [6.45, 7) is 2.29. The van der Waals surface area contributed by atoms with E-state index in [1.807, 2.05) is 12.3 Å². The molecule has 3 heterocycles. The summed E-state index contributed by atoms with van der Waals surface area (Å²) in [7, 11) is 2.19. The van der Waals surface area contributed by atoms with Gasteiger partial charge in [-0.2, -0.15) is 0 Å². The topological polar surface area (TPSA) is 31.9 Å². The van der Waals surface area contributed by atoms with Gasteiger partial charge in [0.25, 0.3) is 0 Å². The van der Waals surface area contributed by atoms with Crippen molar-refractivity contribution >= 4 is 11.0 Å². The van der Waals surface area contributed by atoms with Crippen LogP contribution in [0.25, 0.3) is 11.0 Å². The molecule has 2 aromatic rings. The number of aromatic nitrogens is 2. The van der Waals surface area contributed by atoms with Crippen LogP contribution in [0.4, 0.5) is 0 Å². The highest BCUT2D eigenvalue weighted by Gasteiger charge is 2.16. The van der Waals surface area contributed by atoms with E-state index in [9.17, 15) is 0 Å². The number of hydrogen-bond acceptors (Lipinski definition) is 2. The van der Waals surface area contributed by atoms with E-state index in [0.717, 1.165) is 31.6 Å². The number of nitrogens with one attached hydrogen (secondary N) is 1. The van der Waals surface area contributed by atoms with Crippen LogP contribution in [0.5, 0.6) is 0 Å². The summed E-state index contributed by atoms with van der Waals surface area (Å²) in [5.41, 5.74) is 3.91. The molecule has 3 heteroatoms. The Morgan fingerprint density at radius 2 is 2.20 bits per heavy atom. The zero-order valence-electron chi connectivity index (χ0n) is 8.95. The minimum atomic E-state index is 1.05. The molecule has 15 heavy (non-hydrogen) atoms. The van der Waals surface area contributed by atoms with Crippen molar-refractivity contribution in [3.05, 3.63) is 29.6 Å². The molecule has 0 fully saturated rings. The number of rotatable bonds is 0. The second-order valence-electron chi connectivity index (χ2n) is 4.28. The molecule has 2 aromatic heterocycles. The quantitative estimate of drug-likeness (QED) is 0.702. The van der Waals surface area contributed by atoms with Gasteiger partial charge < -0.3 is 9.88 Å². The first-order chi connectivity index (χ1) is 7.34. The normalized spacial score (nSPS) is 17.7. The van der Waals surface area contributed by atoms with Crippen LogP contribution in [-0.4, -0.2) is 35.0 Å². The number of likely N-dealkylation sites (N-methyl/N-ethyl adjacent to an activating group) is 1. The smallest absolute Gasteiger partial charge is 0.137 e. The molecule has 0 bridgehead atoms. The van der Waals surface area contributed by atoms with Gasteiger partial charge in [-0.05, 0) is 31.2 Å². The first-order valence-corrected chi connectivity index (χ1v) is 5.47. The largest absolute Gasteiger partial charge is 0.343 e. The van der Waals surface area contributed by atoms with E-state index in [0.29, 0.717) is 0 Å². The summed E-state index contributed by atoms with van der Waals surface area (Å²) in [5.74, 6) is 0. The average Bonchev–Trinajstić information content (AvgIpc) is 2.51. The number of nitrogens with zero attached hydrogens (tertiary/aromatic N) is 2. The third kappa shape index (κ3) is 1.43. The number of pyridine rings is 1. The van der Waals surface area contributed by atoms with Crippen LogP contribution >= 0.6 is 0 Å². The molecule has 0 saturated carbocycles. The molecule has 0 atom stereocenters. The van der Waals surface area contributed by atoms with Crippen molar-refractivity contribution in [3.63, 3.8) is 0 Å². The van der Waals surface area contributed by atoms with E-state index >= 15 is 0 Å². The highest BCUT2D eigenvalue weighted by Crippen LogP contribution is 2.23. The van der Waals surface area contributed by atoms with Crippen molar-refractivity contribution in [3.8, 4) is 0 Å².